The topological polar surface area (TPSA) is 91.3 Å². The number of carbonyl (C=O) groups is 2. The van der Waals surface area contributed by atoms with Crippen LogP contribution in [-0.4, -0.2) is 28.6 Å². The fourth-order valence-electron chi connectivity index (χ4n) is 1.53. The minimum absolute atomic E-state index is 0.0427. The maximum absolute atomic E-state index is 11.6. The zero-order valence-electron chi connectivity index (χ0n) is 11.3. The summed E-state index contributed by atoms with van der Waals surface area (Å²) in [6, 6.07) is 3.08. The molecule has 104 valence electrons. The predicted octanol–water partition coefficient (Wildman–Crippen LogP) is 1.87. The Balaban J connectivity index is 2.47. The van der Waals surface area contributed by atoms with Crippen molar-refractivity contribution in [1.29, 1.82) is 0 Å². The highest BCUT2D eigenvalue weighted by Crippen LogP contribution is 2.10. The fraction of sp³-hybridized carbons (Fsp3) is 0.462. The van der Waals surface area contributed by atoms with Gasteiger partial charge in [0.1, 0.15) is 0 Å². The Hall–Kier alpha value is -2.11. The van der Waals surface area contributed by atoms with Crippen LogP contribution in [0.15, 0.2) is 18.3 Å². The first-order valence-electron chi connectivity index (χ1n) is 6.10. The molecule has 0 saturated carbocycles. The number of nitrogens with one attached hydrogen (secondary N) is 2. The van der Waals surface area contributed by atoms with Gasteiger partial charge >= 0.3 is 12.0 Å². The fourth-order valence-corrected chi connectivity index (χ4v) is 1.53. The maximum atomic E-state index is 11.6. The van der Waals surface area contributed by atoms with E-state index in [1.54, 1.807) is 18.3 Å². The van der Waals surface area contributed by atoms with Gasteiger partial charge in [-0.1, -0.05) is 13.8 Å². The van der Waals surface area contributed by atoms with E-state index in [1.165, 1.54) is 0 Å². The Labute approximate surface area is 112 Å². The van der Waals surface area contributed by atoms with E-state index in [0.717, 1.165) is 5.69 Å². The standard InChI is InChI=1S/C13H19N3O3/c1-8(2)11(12(17)18)7-15-13(19)16-10-5-4-9(3)14-6-10/h4-6,8,11H,7H2,1-3H3,(H,17,18)(H2,15,16,19). The van der Waals surface area contributed by atoms with Crippen molar-refractivity contribution in [3.8, 4) is 0 Å². The second-order valence-electron chi connectivity index (χ2n) is 4.71. The largest absolute Gasteiger partial charge is 0.481 e. The number of hydrogen-bond acceptors (Lipinski definition) is 3. The van der Waals surface area contributed by atoms with Crippen molar-refractivity contribution in [3.63, 3.8) is 0 Å². The molecule has 6 nitrogen and oxygen atoms in total. The highest BCUT2D eigenvalue weighted by molar-refractivity contribution is 5.89. The van der Waals surface area contributed by atoms with Crippen LogP contribution in [0, 0.1) is 18.8 Å². The molecule has 1 atom stereocenters. The van der Waals surface area contributed by atoms with Crippen molar-refractivity contribution in [2.45, 2.75) is 20.8 Å². The molecule has 2 amide bonds. The molecule has 19 heavy (non-hydrogen) atoms. The van der Waals surface area contributed by atoms with Gasteiger partial charge in [0.25, 0.3) is 0 Å². The zero-order valence-corrected chi connectivity index (χ0v) is 11.3. The van der Waals surface area contributed by atoms with E-state index in [2.05, 4.69) is 15.6 Å². The smallest absolute Gasteiger partial charge is 0.319 e. The number of aliphatic carboxylic acids is 1. The SMILES string of the molecule is Cc1ccc(NC(=O)NCC(C(=O)O)C(C)C)cn1. The van der Waals surface area contributed by atoms with E-state index in [1.807, 2.05) is 20.8 Å². The number of carbonyl (C=O) groups excluding carboxylic acids is 1. The monoisotopic (exact) mass is 265 g/mol. The molecule has 0 radical (unpaired) electrons. The van der Waals surface area contributed by atoms with E-state index in [0.29, 0.717) is 5.69 Å². The first-order valence-corrected chi connectivity index (χ1v) is 6.10. The van der Waals surface area contributed by atoms with Gasteiger partial charge in [-0.25, -0.2) is 4.79 Å². The lowest BCUT2D eigenvalue weighted by molar-refractivity contribution is -0.142. The highest BCUT2D eigenvalue weighted by Gasteiger charge is 2.21. The second-order valence-corrected chi connectivity index (χ2v) is 4.71. The van der Waals surface area contributed by atoms with E-state index in [9.17, 15) is 9.59 Å². The third-order valence-corrected chi connectivity index (χ3v) is 2.77. The molecular formula is C13H19N3O3. The quantitative estimate of drug-likeness (QED) is 0.758. The van der Waals surface area contributed by atoms with Crippen LogP contribution in [0.3, 0.4) is 0 Å². The van der Waals surface area contributed by atoms with Crippen LogP contribution in [0.2, 0.25) is 0 Å². The van der Waals surface area contributed by atoms with Crippen molar-refractivity contribution in [1.82, 2.24) is 10.3 Å². The number of nitrogens with zero attached hydrogens (tertiary/aromatic N) is 1. The number of rotatable bonds is 5. The molecule has 0 aliphatic heterocycles. The number of anilines is 1. The number of urea groups is 1. The summed E-state index contributed by atoms with van der Waals surface area (Å²) >= 11 is 0. The third kappa shape index (κ3) is 4.95. The van der Waals surface area contributed by atoms with E-state index in [-0.39, 0.29) is 12.5 Å². The van der Waals surface area contributed by atoms with Crippen LogP contribution in [0.5, 0.6) is 0 Å². The van der Waals surface area contributed by atoms with Gasteiger partial charge in [0, 0.05) is 12.2 Å². The van der Waals surface area contributed by atoms with Crippen molar-refractivity contribution >= 4 is 17.7 Å². The van der Waals surface area contributed by atoms with Crippen molar-refractivity contribution < 1.29 is 14.7 Å². The summed E-state index contributed by atoms with van der Waals surface area (Å²) in [6.07, 6.45) is 1.55. The molecule has 1 heterocycles. The Kier molecular flexibility index (Phi) is 5.29. The maximum Gasteiger partial charge on any atom is 0.319 e. The molecule has 0 fully saturated rings. The minimum Gasteiger partial charge on any atom is -0.481 e. The van der Waals surface area contributed by atoms with Crippen LogP contribution >= 0.6 is 0 Å². The van der Waals surface area contributed by atoms with Gasteiger partial charge in [-0.05, 0) is 25.0 Å². The number of aromatic nitrogens is 1. The minimum atomic E-state index is -0.910. The number of amides is 2. The number of carboxylic acid groups (broad SMARTS) is 1. The molecular weight excluding hydrogens is 246 g/mol. The molecule has 1 aromatic rings. The number of pyridine rings is 1. The molecule has 1 rings (SSSR count). The summed E-state index contributed by atoms with van der Waals surface area (Å²) in [7, 11) is 0. The Bertz CT molecular complexity index is 443. The van der Waals surface area contributed by atoms with Gasteiger partial charge in [-0.2, -0.15) is 0 Å². The summed E-state index contributed by atoms with van der Waals surface area (Å²) in [5, 5.41) is 14.1. The van der Waals surface area contributed by atoms with E-state index in [4.69, 9.17) is 5.11 Å². The highest BCUT2D eigenvalue weighted by atomic mass is 16.4. The normalized spacial score (nSPS) is 12.0. The Morgan fingerprint density at radius 3 is 2.53 bits per heavy atom. The van der Waals surface area contributed by atoms with E-state index >= 15 is 0 Å². The summed E-state index contributed by atoms with van der Waals surface area (Å²) in [6.45, 7) is 5.56. The van der Waals surface area contributed by atoms with Crippen LogP contribution in [-0.2, 0) is 4.79 Å². The molecule has 1 unspecified atom stereocenters. The molecule has 6 heteroatoms. The van der Waals surface area contributed by atoms with Gasteiger partial charge in [0.05, 0.1) is 17.8 Å². The van der Waals surface area contributed by atoms with Crippen molar-refractivity contribution in [2.24, 2.45) is 11.8 Å². The molecule has 0 bridgehead atoms. The molecule has 0 saturated heterocycles. The van der Waals surface area contributed by atoms with E-state index < -0.39 is 17.9 Å². The average Bonchev–Trinajstić information content (AvgIpc) is 2.31. The van der Waals surface area contributed by atoms with Crippen LogP contribution in [0.4, 0.5) is 10.5 Å². The lowest BCUT2D eigenvalue weighted by atomic mass is 9.96. The molecule has 0 aliphatic rings. The van der Waals surface area contributed by atoms with Crippen LogP contribution in [0.25, 0.3) is 0 Å². The zero-order chi connectivity index (χ0) is 14.4. The third-order valence-electron chi connectivity index (χ3n) is 2.77. The summed E-state index contributed by atoms with van der Waals surface area (Å²) in [5.74, 6) is -1.55. The first-order chi connectivity index (χ1) is 8.90. The Morgan fingerprint density at radius 2 is 2.05 bits per heavy atom. The van der Waals surface area contributed by atoms with Gasteiger partial charge in [-0.15, -0.1) is 0 Å². The Morgan fingerprint density at radius 1 is 1.37 bits per heavy atom. The number of aryl methyl sites for hydroxylation is 1. The van der Waals surface area contributed by atoms with Crippen molar-refractivity contribution in [2.75, 3.05) is 11.9 Å². The molecule has 0 aliphatic carbocycles. The number of hydrogen-bond donors (Lipinski definition) is 3. The molecule has 0 spiro atoms. The molecule has 0 aromatic carbocycles. The number of carboxylic acids is 1. The van der Waals surface area contributed by atoms with Crippen LogP contribution in [0.1, 0.15) is 19.5 Å². The summed E-state index contributed by atoms with van der Waals surface area (Å²) in [5.41, 5.74) is 1.43. The van der Waals surface area contributed by atoms with Gasteiger partial charge in [0.2, 0.25) is 0 Å². The lowest BCUT2D eigenvalue weighted by Crippen LogP contribution is -2.37. The van der Waals surface area contributed by atoms with Gasteiger partial charge in [-0.3, -0.25) is 9.78 Å². The van der Waals surface area contributed by atoms with Gasteiger partial charge < -0.3 is 15.7 Å². The van der Waals surface area contributed by atoms with Gasteiger partial charge in [0.15, 0.2) is 0 Å². The average molecular weight is 265 g/mol. The predicted molar refractivity (Wildman–Crippen MR) is 72.0 cm³/mol. The second kappa shape index (κ2) is 6.72. The first kappa shape index (κ1) is 14.9. The lowest BCUT2D eigenvalue weighted by Gasteiger charge is -2.16. The van der Waals surface area contributed by atoms with Crippen molar-refractivity contribution in [3.05, 3.63) is 24.0 Å². The molecule has 1 aromatic heterocycles. The molecule has 3 N–H and O–H groups in total. The summed E-state index contributed by atoms with van der Waals surface area (Å²) in [4.78, 5) is 26.6. The van der Waals surface area contributed by atoms with Crippen LogP contribution < -0.4 is 10.6 Å². The summed E-state index contributed by atoms with van der Waals surface area (Å²) < 4.78 is 0.